The fraction of sp³-hybridized carbons (Fsp3) is 0. The van der Waals surface area contributed by atoms with Crippen LogP contribution in [-0.4, -0.2) is 15.0 Å². The molecule has 0 spiro atoms. The van der Waals surface area contributed by atoms with Crippen molar-refractivity contribution in [3.63, 3.8) is 0 Å². The molecule has 3 aromatic rings. The molecule has 0 aliphatic heterocycles. The number of nitrogens with one attached hydrogen (secondary N) is 2. The fourth-order valence-corrected chi connectivity index (χ4v) is 2.78. The number of aromatic nitrogens is 3. The standard InChI is InChI=1S/C10H8N4S2/c11-6-4-13-10(15)14-8(6)7-3-5-1-2-12-9(5)16-7/h1-4,12H,11H2,(H,13,14,15). The zero-order valence-corrected chi connectivity index (χ0v) is 9.78. The van der Waals surface area contributed by atoms with E-state index in [0.717, 1.165) is 15.4 Å². The molecular formula is C10H8N4S2. The predicted octanol–water partition coefficient (Wildman–Crippen LogP) is 2.93. The van der Waals surface area contributed by atoms with E-state index in [0.29, 0.717) is 10.5 Å². The van der Waals surface area contributed by atoms with Crippen molar-refractivity contribution in [2.45, 2.75) is 0 Å². The molecule has 0 aliphatic carbocycles. The molecule has 0 saturated heterocycles. The molecule has 0 atom stereocenters. The van der Waals surface area contributed by atoms with Gasteiger partial charge in [0.25, 0.3) is 0 Å². The second kappa shape index (κ2) is 3.43. The third-order valence-corrected chi connectivity index (χ3v) is 3.63. The van der Waals surface area contributed by atoms with E-state index < -0.39 is 0 Å². The first-order chi connectivity index (χ1) is 7.74. The summed E-state index contributed by atoms with van der Waals surface area (Å²) in [6, 6.07) is 4.11. The molecule has 6 heteroatoms. The maximum absolute atomic E-state index is 5.87. The molecule has 3 aromatic heterocycles. The van der Waals surface area contributed by atoms with Gasteiger partial charge < -0.3 is 15.7 Å². The third-order valence-electron chi connectivity index (χ3n) is 2.33. The normalized spacial score (nSPS) is 11.0. The highest BCUT2D eigenvalue weighted by Gasteiger charge is 2.08. The fourth-order valence-electron chi connectivity index (χ4n) is 1.58. The van der Waals surface area contributed by atoms with E-state index in [-0.39, 0.29) is 0 Å². The monoisotopic (exact) mass is 248 g/mol. The van der Waals surface area contributed by atoms with E-state index in [2.05, 4.69) is 21.0 Å². The summed E-state index contributed by atoms with van der Waals surface area (Å²) in [5, 5.41) is 1.18. The minimum absolute atomic E-state index is 0.446. The summed E-state index contributed by atoms with van der Waals surface area (Å²) in [7, 11) is 0. The first-order valence-electron chi connectivity index (χ1n) is 4.66. The molecule has 0 amide bonds. The Morgan fingerprint density at radius 2 is 2.31 bits per heavy atom. The quantitative estimate of drug-likeness (QED) is 0.580. The van der Waals surface area contributed by atoms with Gasteiger partial charge in [0, 0.05) is 11.6 Å². The van der Waals surface area contributed by atoms with Crippen molar-refractivity contribution in [3.05, 3.63) is 29.3 Å². The average Bonchev–Trinajstić information content (AvgIpc) is 2.81. The third kappa shape index (κ3) is 1.43. The Morgan fingerprint density at radius 3 is 3.12 bits per heavy atom. The van der Waals surface area contributed by atoms with Crippen LogP contribution in [0.2, 0.25) is 0 Å². The van der Waals surface area contributed by atoms with E-state index in [4.69, 9.17) is 18.0 Å². The highest BCUT2D eigenvalue weighted by atomic mass is 32.1. The van der Waals surface area contributed by atoms with Crippen LogP contribution in [0.4, 0.5) is 5.69 Å². The minimum Gasteiger partial charge on any atom is -0.396 e. The molecule has 0 aromatic carbocycles. The van der Waals surface area contributed by atoms with Crippen LogP contribution < -0.4 is 5.73 Å². The van der Waals surface area contributed by atoms with E-state index in [1.807, 2.05) is 12.3 Å². The molecule has 3 heterocycles. The summed E-state index contributed by atoms with van der Waals surface area (Å²) in [5.74, 6) is 0. The van der Waals surface area contributed by atoms with E-state index >= 15 is 0 Å². The topological polar surface area (TPSA) is 70.5 Å². The number of nitrogens with two attached hydrogens (primary N) is 1. The van der Waals surface area contributed by atoms with Gasteiger partial charge in [0.1, 0.15) is 4.83 Å². The predicted molar refractivity (Wildman–Crippen MR) is 69.0 cm³/mol. The van der Waals surface area contributed by atoms with Crippen molar-refractivity contribution in [1.82, 2.24) is 15.0 Å². The minimum atomic E-state index is 0.446. The van der Waals surface area contributed by atoms with Gasteiger partial charge >= 0.3 is 0 Å². The molecule has 4 N–H and O–H groups in total. The van der Waals surface area contributed by atoms with Gasteiger partial charge in [0.2, 0.25) is 0 Å². The zero-order chi connectivity index (χ0) is 11.1. The first kappa shape index (κ1) is 9.56. The van der Waals surface area contributed by atoms with Crippen LogP contribution in [0.1, 0.15) is 0 Å². The van der Waals surface area contributed by atoms with Gasteiger partial charge in [0.15, 0.2) is 4.77 Å². The average molecular weight is 248 g/mol. The number of hydrogen-bond acceptors (Lipinski definition) is 4. The second-order valence-corrected chi connectivity index (χ2v) is 4.83. The number of hydrogen-bond donors (Lipinski definition) is 3. The van der Waals surface area contributed by atoms with Crippen molar-refractivity contribution in [2.24, 2.45) is 0 Å². The molecule has 0 radical (unpaired) electrons. The Balaban J connectivity index is 2.26. The lowest BCUT2D eigenvalue weighted by atomic mass is 10.3. The first-order valence-corrected chi connectivity index (χ1v) is 5.88. The van der Waals surface area contributed by atoms with Crippen LogP contribution in [0.3, 0.4) is 0 Å². The SMILES string of the molecule is Nc1cnc(=S)[nH]c1-c1cc2cc[nH]c2s1. The number of aromatic amines is 2. The number of thiophene rings is 1. The smallest absolute Gasteiger partial charge is 0.197 e. The Bertz CT molecular complexity index is 678. The highest BCUT2D eigenvalue weighted by molar-refractivity contribution is 7.71. The van der Waals surface area contributed by atoms with Crippen LogP contribution in [-0.2, 0) is 0 Å². The molecule has 4 nitrogen and oxygen atoms in total. The van der Waals surface area contributed by atoms with Gasteiger partial charge in [-0.25, -0.2) is 4.98 Å². The molecule has 16 heavy (non-hydrogen) atoms. The molecule has 0 fully saturated rings. The summed E-state index contributed by atoms with van der Waals surface area (Å²) >= 11 is 6.63. The number of nitrogen functional groups attached to an aromatic ring is 1. The largest absolute Gasteiger partial charge is 0.396 e. The maximum Gasteiger partial charge on any atom is 0.197 e. The Kier molecular flexibility index (Phi) is 2.05. The summed E-state index contributed by atoms with van der Waals surface area (Å²) in [6.07, 6.45) is 3.51. The van der Waals surface area contributed by atoms with Crippen LogP contribution in [0.25, 0.3) is 20.8 Å². The van der Waals surface area contributed by atoms with Gasteiger partial charge in [-0.2, -0.15) is 0 Å². The van der Waals surface area contributed by atoms with Gasteiger partial charge in [0.05, 0.1) is 22.5 Å². The number of fused-ring (bicyclic) bond motifs is 1. The van der Waals surface area contributed by atoms with Crippen LogP contribution in [0, 0.1) is 4.77 Å². The van der Waals surface area contributed by atoms with Crippen molar-refractivity contribution < 1.29 is 0 Å². The molecule has 0 saturated carbocycles. The molecule has 0 bridgehead atoms. The lowest BCUT2D eigenvalue weighted by molar-refractivity contribution is 1.15. The molecule has 0 unspecified atom stereocenters. The number of rotatable bonds is 1. The van der Waals surface area contributed by atoms with Gasteiger partial charge in [-0.05, 0) is 24.4 Å². The van der Waals surface area contributed by atoms with Crippen molar-refractivity contribution in [2.75, 3.05) is 5.73 Å². The van der Waals surface area contributed by atoms with Crippen molar-refractivity contribution in [1.29, 1.82) is 0 Å². The number of H-pyrrole nitrogens is 2. The second-order valence-electron chi connectivity index (χ2n) is 3.39. The van der Waals surface area contributed by atoms with E-state index in [1.165, 1.54) is 5.39 Å². The molecule has 0 aliphatic rings. The van der Waals surface area contributed by atoms with E-state index in [9.17, 15) is 0 Å². The molecule has 80 valence electrons. The van der Waals surface area contributed by atoms with Crippen molar-refractivity contribution >= 4 is 39.5 Å². The molecule has 3 rings (SSSR count). The van der Waals surface area contributed by atoms with Crippen molar-refractivity contribution in [3.8, 4) is 10.6 Å². The summed E-state index contributed by atoms with van der Waals surface area (Å²) < 4.78 is 0.446. The Hall–Kier alpha value is -1.66. The zero-order valence-electron chi connectivity index (χ0n) is 8.15. The summed E-state index contributed by atoms with van der Waals surface area (Å²) in [5.41, 5.74) is 7.32. The van der Waals surface area contributed by atoms with E-state index in [1.54, 1.807) is 17.5 Å². The lowest BCUT2D eigenvalue weighted by Gasteiger charge is -2.01. The number of anilines is 1. The van der Waals surface area contributed by atoms with Gasteiger partial charge in [-0.15, -0.1) is 11.3 Å². The van der Waals surface area contributed by atoms with Crippen LogP contribution in [0.15, 0.2) is 24.5 Å². The Morgan fingerprint density at radius 1 is 1.44 bits per heavy atom. The highest BCUT2D eigenvalue weighted by Crippen LogP contribution is 2.33. The number of nitrogens with zero attached hydrogens (tertiary/aromatic N) is 1. The van der Waals surface area contributed by atoms with Crippen LogP contribution >= 0.6 is 23.6 Å². The summed E-state index contributed by atoms with van der Waals surface area (Å²) in [4.78, 5) is 12.3. The lowest BCUT2D eigenvalue weighted by Crippen LogP contribution is -1.94. The summed E-state index contributed by atoms with van der Waals surface area (Å²) in [6.45, 7) is 0. The maximum atomic E-state index is 5.87. The van der Waals surface area contributed by atoms with Crippen LogP contribution in [0.5, 0.6) is 0 Å². The van der Waals surface area contributed by atoms with Gasteiger partial charge in [-0.3, -0.25) is 0 Å². The van der Waals surface area contributed by atoms with Gasteiger partial charge in [-0.1, -0.05) is 0 Å². The molecular weight excluding hydrogens is 240 g/mol. The Labute approximate surface area is 100 Å².